The lowest BCUT2D eigenvalue weighted by Crippen LogP contribution is -2.14. The summed E-state index contributed by atoms with van der Waals surface area (Å²) in [6.45, 7) is 8.93. The highest BCUT2D eigenvalue weighted by Crippen LogP contribution is 2.29. The lowest BCUT2D eigenvalue weighted by Gasteiger charge is -2.11. The zero-order valence-electron chi connectivity index (χ0n) is 12.5. The molecule has 1 aromatic rings. The number of ether oxygens (including phenoxy) is 2. The Morgan fingerprint density at radius 3 is 2.68 bits per heavy atom. The van der Waals surface area contributed by atoms with E-state index in [0.29, 0.717) is 6.61 Å². The maximum atomic E-state index is 5.64. The van der Waals surface area contributed by atoms with Gasteiger partial charge in [-0.2, -0.15) is 0 Å². The van der Waals surface area contributed by atoms with Crippen molar-refractivity contribution in [3.8, 4) is 11.5 Å². The van der Waals surface area contributed by atoms with Crippen LogP contribution in [0.2, 0.25) is 0 Å². The minimum absolute atomic E-state index is 0.713. The van der Waals surface area contributed by atoms with Gasteiger partial charge in [0.1, 0.15) is 0 Å². The van der Waals surface area contributed by atoms with Gasteiger partial charge in [0, 0.05) is 6.54 Å². The fourth-order valence-electron chi connectivity index (χ4n) is 1.76. The molecule has 0 saturated carbocycles. The van der Waals surface area contributed by atoms with E-state index in [1.807, 2.05) is 12.1 Å². The van der Waals surface area contributed by atoms with E-state index in [1.54, 1.807) is 7.11 Å². The van der Waals surface area contributed by atoms with Crippen LogP contribution in [0.3, 0.4) is 0 Å². The molecule has 0 unspecified atom stereocenters. The summed E-state index contributed by atoms with van der Waals surface area (Å²) < 4.78 is 11.0. The van der Waals surface area contributed by atoms with E-state index in [1.165, 1.54) is 5.57 Å². The van der Waals surface area contributed by atoms with Gasteiger partial charge in [0.15, 0.2) is 11.5 Å². The lowest BCUT2D eigenvalue weighted by atomic mass is 10.1. The summed E-state index contributed by atoms with van der Waals surface area (Å²) in [5, 5.41) is 3.31. The third-order valence-corrected chi connectivity index (χ3v) is 2.72. The van der Waals surface area contributed by atoms with Gasteiger partial charge in [0.05, 0.1) is 13.7 Å². The van der Waals surface area contributed by atoms with Crippen LogP contribution in [0, 0.1) is 0 Å². The number of methoxy groups -OCH3 is 1. The Balaban J connectivity index is 2.81. The minimum Gasteiger partial charge on any atom is -0.493 e. The molecule has 0 aromatic heterocycles. The van der Waals surface area contributed by atoms with E-state index in [2.05, 4.69) is 38.2 Å². The van der Waals surface area contributed by atoms with E-state index in [9.17, 15) is 0 Å². The van der Waals surface area contributed by atoms with Crippen molar-refractivity contribution in [2.24, 2.45) is 0 Å². The second-order valence-corrected chi connectivity index (χ2v) is 4.53. The third kappa shape index (κ3) is 5.35. The van der Waals surface area contributed by atoms with E-state index in [0.717, 1.165) is 36.6 Å². The van der Waals surface area contributed by atoms with Crippen LogP contribution in [0.25, 0.3) is 6.08 Å². The van der Waals surface area contributed by atoms with E-state index in [-0.39, 0.29) is 0 Å². The summed E-state index contributed by atoms with van der Waals surface area (Å²) in [5.41, 5.74) is 2.43. The standard InChI is InChI=1S/C16H25NO2/c1-5-9-19-15-8-7-14(11-16(15)18-4)10-13(3)12-17-6-2/h7-8,10-11,17H,5-6,9,12H2,1-4H3. The number of rotatable bonds is 8. The van der Waals surface area contributed by atoms with Crippen LogP contribution >= 0.6 is 0 Å². The van der Waals surface area contributed by atoms with Gasteiger partial charge < -0.3 is 14.8 Å². The number of benzene rings is 1. The first-order chi connectivity index (χ1) is 9.21. The Morgan fingerprint density at radius 1 is 1.26 bits per heavy atom. The molecule has 0 atom stereocenters. The SMILES string of the molecule is CCCOc1ccc(C=C(C)CNCC)cc1OC. The molecular formula is C16H25NO2. The molecule has 0 aliphatic rings. The van der Waals surface area contributed by atoms with Crippen LogP contribution < -0.4 is 14.8 Å². The quantitative estimate of drug-likeness (QED) is 0.778. The molecule has 0 bridgehead atoms. The Bertz CT molecular complexity index is 413. The van der Waals surface area contributed by atoms with Crippen molar-refractivity contribution in [3.63, 3.8) is 0 Å². The number of hydrogen-bond donors (Lipinski definition) is 1. The molecule has 1 aromatic carbocycles. The fourth-order valence-corrected chi connectivity index (χ4v) is 1.76. The number of hydrogen-bond acceptors (Lipinski definition) is 3. The van der Waals surface area contributed by atoms with Crippen molar-refractivity contribution in [2.75, 3.05) is 26.8 Å². The molecule has 3 heteroatoms. The second kappa shape index (κ2) is 8.59. The molecule has 0 radical (unpaired) electrons. The van der Waals surface area contributed by atoms with Crippen LogP contribution in [0.4, 0.5) is 0 Å². The smallest absolute Gasteiger partial charge is 0.161 e. The van der Waals surface area contributed by atoms with Crippen molar-refractivity contribution in [2.45, 2.75) is 27.2 Å². The summed E-state index contributed by atoms with van der Waals surface area (Å²) in [5.74, 6) is 1.60. The third-order valence-electron chi connectivity index (χ3n) is 2.72. The van der Waals surface area contributed by atoms with Gasteiger partial charge in [-0.15, -0.1) is 0 Å². The highest BCUT2D eigenvalue weighted by atomic mass is 16.5. The molecule has 0 heterocycles. The van der Waals surface area contributed by atoms with Crippen LogP contribution in [0.5, 0.6) is 11.5 Å². The first-order valence-corrected chi connectivity index (χ1v) is 6.90. The average Bonchev–Trinajstić information content (AvgIpc) is 2.43. The molecule has 1 N–H and O–H groups in total. The van der Waals surface area contributed by atoms with Crippen molar-refractivity contribution in [1.82, 2.24) is 5.32 Å². The Labute approximate surface area is 116 Å². The van der Waals surface area contributed by atoms with Crippen molar-refractivity contribution in [3.05, 3.63) is 29.3 Å². The van der Waals surface area contributed by atoms with Crippen molar-refractivity contribution >= 4 is 6.08 Å². The molecule has 0 amide bonds. The van der Waals surface area contributed by atoms with E-state index < -0.39 is 0 Å². The van der Waals surface area contributed by atoms with Gasteiger partial charge in [-0.05, 0) is 37.6 Å². The average molecular weight is 263 g/mol. The van der Waals surface area contributed by atoms with E-state index >= 15 is 0 Å². The molecule has 3 nitrogen and oxygen atoms in total. The van der Waals surface area contributed by atoms with Crippen molar-refractivity contribution < 1.29 is 9.47 Å². The van der Waals surface area contributed by atoms with E-state index in [4.69, 9.17) is 9.47 Å². The molecule has 0 spiro atoms. The maximum absolute atomic E-state index is 5.64. The Hall–Kier alpha value is -1.48. The summed E-state index contributed by atoms with van der Waals surface area (Å²) in [7, 11) is 1.67. The van der Waals surface area contributed by atoms with Crippen LogP contribution in [0.1, 0.15) is 32.8 Å². The largest absolute Gasteiger partial charge is 0.493 e. The predicted octanol–water partition coefficient (Wildman–Crippen LogP) is 3.50. The lowest BCUT2D eigenvalue weighted by molar-refractivity contribution is 0.294. The normalized spacial score (nSPS) is 11.5. The fraction of sp³-hybridized carbons (Fsp3) is 0.500. The van der Waals surface area contributed by atoms with Gasteiger partial charge >= 0.3 is 0 Å². The number of likely N-dealkylation sites (N-methyl/N-ethyl adjacent to an activating group) is 1. The Kier molecular flexibility index (Phi) is 7.04. The second-order valence-electron chi connectivity index (χ2n) is 4.53. The van der Waals surface area contributed by atoms with Gasteiger partial charge in [-0.1, -0.05) is 31.6 Å². The van der Waals surface area contributed by atoms with Gasteiger partial charge in [0.25, 0.3) is 0 Å². The number of nitrogens with one attached hydrogen (secondary N) is 1. The highest BCUT2D eigenvalue weighted by molar-refractivity contribution is 5.58. The zero-order chi connectivity index (χ0) is 14.1. The molecule has 19 heavy (non-hydrogen) atoms. The molecule has 0 saturated heterocycles. The molecular weight excluding hydrogens is 238 g/mol. The molecule has 1 rings (SSSR count). The Morgan fingerprint density at radius 2 is 2.05 bits per heavy atom. The van der Waals surface area contributed by atoms with Gasteiger partial charge in [0.2, 0.25) is 0 Å². The van der Waals surface area contributed by atoms with Crippen LogP contribution in [-0.2, 0) is 0 Å². The molecule has 106 valence electrons. The highest BCUT2D eigenvalue weighted by Gasteiger charge is 2.04. The zero-order valence-corrected chi connectivity index (χ0v) is 12.5. The summed E-state index contributed by atoms with van der Waals surface area (Å²) >= 11 is 0. The summed E-state index contributed by atoms with van der Waals surface area (Å²) in [6, 6.07) is 6.05. The van der Waals surface area contributed by atoms with Crippen LogP contribution in [0.15, 0.2) is 23.8 Å². The van der Waals surface area contributed by atoms with Gasteiger partial charge in [-0.3, -0.25) is 0 Å². The predicted molar refractivity (Wildman–Crippen MR) is 81.0 cm³/mol. The minimum atomic E-state index is 0.713. The first kappa shape index (κ1) is 15.6. The van der Waals surface area contributed by atoms with Crippen LogP contribution in [-0.4, -0.2) is 26.8 Å². The monoisotopic (exact) mass is 263 g/mol. The molecule has 0 fully saturated rings. The summed E-state index contributed by atoms with van der Waals surface area (Å²) in [6.07, 6.45) is 3.15. The topological polar surface area (TPSA) is 30.5 Å². The molecule has 0 aliphatic carbocycles. The summed E-state index contributed by atoms with van der Waals surface area (Å²) in [4.78, 5) is 0. The first-order valence-electron chi connectivity index (χ1n) is 6.90. The molecule has 0 aliphatic heterocycles. The van der Waals surface area contributed by atoms with Crippen molar-refractivity contribution in [1.29, 1.82) is 0 Å². The maximum Gasteiger partial charge on any atom is 0.161 e. The van der Waals surface area contributed by atoms with Gasteiger partial charge in [-0.25, -0.2) is 0 Å².